The van der Waals surface area contributed by atoms with Crippen LogP contribution in [0.15, 0.2) is 18.2 Å². The molecular weight excluding hydrogens is 292 g/mol. The number of hydrogen-bond donors (Lipinski definition) is 0. The fraction of sp³-hybridized carbons (Fsp3) is 0.556. The Morgan fingerprint density at radius 3 is 2.43 bits per heavy atom. The molecule has 1 aliphatic heterocycles. The van der Waals surface area contributed by atoms with Gasteiger partial charge in [-0.25, -0.2) is 0 Å². The molecule has 0 atom stereocenters. The van der Waals surface area contributed by atoms with Crippen molar-refractivity contribution in [3.05, 3.63) is 29.3 Å². The van der Waals surface area contributed by atoms with Crippen LogP contribution in [0.1, 0.15) is 24.0 Å². The third-order valence-electron chi connectivity index (χ3n) is 4.32. The third kappa shape index (κ3) is 4.47. The van der Waals surface area contributed by atoms with Crippen LogP contribution in [0.25, 0.3) is 0 Å². The molecule has 0 bridgehead atoms. The monoisotopic (exact) mass is 318 g/mol. The summed E-state index contributed by atoms with van der Waals surface area (Å²) in [7, 11) is 3.55. The molecule has 1 aromatic rings. The predicted octanol–water partition coefficient (Wildman–Crippen LogP) is 2.01. The van der Waals surface area contributed by atoms with E-state index in [9.17, 15) is 9.59 Å². The second-order valence-electron chi connectivity index (χ2n) is 6.45. The Bertz CT molecular complexity index is 576. The molecule has 0 saturated carbocycles. The first-order chi connectivity index (χ1) is 10.9. The molecule has 5 heteroatoms. The van der Waals surface area contributed by atoms with Gasteiger partial charge in [0.2, 0.25) is 5.91 Å². The Hall–Kier alpha value is -2.04. The second-order valence-corrected chi connectivity index (χ2v) is 6.45. The number of nitrogens with zero attached hydrogens (tertiary/aromatic N) is 2. The Labute approximate surface area is 138 Å². The summed E-state index contributed by atoms with van der Waals surface area (Å²) < 4.78 is 5.65. The zero-order valence-corrected chi connectivity index (χ0v) is 14.5. The molecule has 0 unspecified atom stereocenters. The number of likely N-dealkylation sites (tertiary alicyclic amines) is 1. The lowest BCUT2D eigenvalue weighted by Crippen LogP contribution is -2.44. The first-order valence-corrected chi connectivity index (χ1v) is 8.07. The number of piperidine rings is 1. The zero-order chi connectivity index (χ0) is 17.0. The Kier molecular flexibility index (Phi) is 5.64. The van der Waals surface area contributed by atoms with Crippen molar-refractivity contribution in [3.63, 3.8) is 0 Å². The van der Waals surface area contributed by atoms with Crippen LogP contribution in [0.2, 0.25) is 0 Å². The summed E-state index contributed by atoms with van der Waals surface area (Å²) in [6.45, 7) is 5.31. The van der Waals surface area contributed by atoms with Gasteiger partial charge in [0.05, 0.1) is 0 Å². The van der Waals surface area contributed by atoms with E-state index in [0.717, 1.165) is 24.2 Å². The minimum atomic E-state index is -0.0132. The lowest BCUT2D eigenvalue weighted by atomic mass is 9.95. The van der Waals surface area contributed by atoms with E-state index < -0.39 is 0 Å². The van der Waals surface area contributed by atoms with E-state index in [-0.39, 0.29) is 24.3 Å². The first kappa shape index (κ1) is 17.3. The van der Waals surface area contributed by atoms with Crippen LogP contribution >= 0.6 is 0 Å². The molecule has 23 heavy (non-hydrogen) atoms. The molecule has 0 aliphatic carbocycles. The van der Waals surface area contributed by atoms with E-state index in [4.69, 9.17) is 4.74 Å². The van der Waals surface area contributed by atoms with Crippen LogP contribution in [0.4, 0.5) is 0 Å². The molecule has 1 heterocycles. The normalized spacial score (nSPS) is 15.4. The fourth-order valence-corrected chi connectivity index (χ4v) is 2.93. The summed E-state index contributed by atoms with van der Waals surface area (Å²) in [6.07, 6.45) is 1.46. The van der Waals surface area contributed by atoms with Crippen LogP contribution in [0, 0.1) is 19.8 Å². The average Bonchev–Trinajstić information content (AvgIpc) is 2.53. The van der Waals surface area contributed by atoms with Gasteiger partial charge in [-0.05, 0) is 38.3 Å². The quantitative estimate of drug-likeness (QED) is 0.853. The minimum absolute atomic E-state index is 0.0132. The Balaban J connectivity index is 1.82. The van der Waals surface area contributed by atoms with Crippen molar-refractivity contribution in [2.75, 3.05) is 33.8 Å². The van der Waals surface area contributed by atoms with Crippen LogP contribution in [-0.4, -0.2) is 55.4 Å². The number of amides is 2. The second kappa shape index (κ2) is 7.49. The van der Waals surface area contributed by atoms with Gasteiger partial charge in [0.15, 0.2) is 6.61 Å². The van der Waals surface area contributed by atoms with Gasteiger partial charge < -0.3 is 14.5 Å². The van der Waals surface area contributed by atoms with Gasteiger partial charge in [0.25, 0.3) is 5.91 Å². The molecule has 0 spiro atoms. The standard InChI is InChI=1S/C18H26N2O3/c1-13-5-6-16(14(2)11-13)23-12-17(21)20-9-7-15(8-10-20)18(22)19(3)4/h5-6,11,15H,7-10,12H2,1-4H3. The molecule has 0 N–H and O–H groups in total. The Morgan fingerprint density at radius 1 is 1.22 bits per heavy atom. The maximum atomic E-state index is 12.3. The summed E-state index contributed by atoms with van der Waals surface area (Å²) in [5.41, 5.74) is 2.21. The van der Waals surface area contributed by atoms with Crippen molar-refractivity contribution in [3.8, 4) is 5.75 Å². The van der Waals surface area contributed by atoms with Crippen LogP contribution in [0.5, 0.6) is 5.75 Å². The molecule has 2 amide bonds. The van der Waals surface area contributed by atoms with Gasteiger partial charge in [0.1, 0.15) is 5.75 Å². The number of ether oxygens (including phenoxy) is 1. The highest BCUT2D eigenvalue weighted by molar-refractivity contribution is 5.80. The van der Waals surface area contributed by atoms with Crippen LogP contribution in [0.3, 0.4) is 0 Å². The summed E-state index contributed by atoms with van der Waals surface area (Å²) in [4.78, 5) is 27.6. The van der Waals surface area contributed by atoms with E-state index in [0.29, 0.717) is 13.1 Å². The molecule has 1 saturated heterocycles. The zero-order valence-electron chi connectivity index (χ0n) is 14.5. The maximum Gasteiger partial charge on any atom is 0.260 e. The van der Waals surface area contributed by atoms with Gasteiger partial charge in [-0.2, -0.15) is 0 Å². The van der Waals surface area contributed by atoms with Crippen molar-refractivity contribution in [2.24, 2.45) is 5.92 Å². The summed E-state index contributed by atoms with van der Waals surface area (Å²) in [6, 6.07) is 5.92. The van der Waals surface area contributed by atoms with E-state index in [1.807, 2.05) is 32.0 Å². The van der Waals surface area contributed by atoms with Gasteiger partial charge in [-0.3, -0.25) is 9.59 Å². The fourth-order valence-electron chi connectivity index (χ4n) is 2.93. The van der Waals surface area contributed by atoms with Gasteiger partial charge in [-0.15, -0.1) is 0 Å². The molecule has 0 aromatic heterocycles. The SMILES string of the molecule is Cc1ccc(OCC(=O)N2CCC(C(=O)N(C)C)CC2)c(C)c1. The number of carbonyl (C=O) groups excluding carboxylic acids is 2. The highest BCUT2D eigenvalue weighted by Gasteiger charge is 2.28. The lowest BCUT2D eigenvalue weighted by Gasteiger charge is -2.32. The molecule has 1 aliphatic rings. The highest BCUT2D eigenvalue weighted by atomic mass is 16.5. The maximum absolute atomic E-state index is 12.3. The molecular formula is C18H26N2O3. The molecule has 0 radical (unpaired) electrons. The van der Waals surface area contributed by atoms with Crippen molar-refractivity contribution in [2.45, 2.75) is 26.7 Å². The minimum Gasteiger partial charge on any atom is -0.484 e. The number of rotatable bonds is 4. The molecule has 1 aromatic carbocycles. The average molecular weight is 318 g/mol. The van der Waals surface area contributed by atoms with E-state index >= 15 is 0 Å². The smallest absolute Gasteiger partial charge is 0.260 e. The molecule has 5 nitrogen and oxygen atoms in total. The van der Waals surface area contributed by atoms with Crippen molar-refractivity contribution >= 4 is 11.8 Å². The van der Waals surface area contributed by atoms with Gasteiger partial charge in [0, 0.05) is 33.1 Å². The van der Waals surface area contributed by atoms with Crippen LogP contribution < -0.4 is 4.74 Å². The van der Waals surface area contributed by atoms with Crippen molar-refractivity contribution < 1.29 is 14.3 Å². The van der Waals surface area contributed by atoms with Gasteiger partial charge >= 0.3 is 0 Å². The van der Waals surface area contributed by atoms with E-state index in [2.05, 4.69) is 0 Å². The molecule has 126 valence electrons. The number of benzene rings is 1. The summed E-state index contributed by atoms with van der Waals surface area (Å²) in [5, 5.41) is 0. The number of hydrogen-bond acceptors (Lipinski definition) is 3. The Morgan fingerprint density at radius 2 is 1.87 bits per heavy atom. The first-order valence-electron chi connectivity index (χ1n) is 8.07. The van der Waals surface area contributed by atoms with Gasteiger partial charge in [-0.1, -0.05) is 17.7 Å². The van der Waals surface area contributed by atoms with Crippen molar-refractivity contribution in [1.82, 2.24) is 9.80 Å². The van der Waals surface area contributed by atoms with Crippen LogP contribution in [-0.2, 0) is 9.59 Å². The summed E-state index contributed by atoms with van der Waals surface area (Å²) in [5.74, 6) is 0.931. The third-order valence-corrected chi connectivity index (χ3v) is 4.32. The number of carbonyl (C=O) groups is 2. The summed E-state index contributed by atoms with van der Waals surface area (Å²) >= 11 is 0. The highest BCUT2D eigenvalue weighted by Crippen LogP contribution is 2.21. The largest absolute Gasteiger partial charge is 0.484 e. The molecule has 2 rings (SSSR count). The topological polar surface area (TPSA) is 49.9 Å². The predicted molar refractivity (Wildman–Crippen MR) is 89.4 cm³/mol. The van der Waals surface area contributed by atoms with Crippen molar-refractivity contribution in [1.29, 1.82) is 0 Å². The number of aryl methyl sites for hydroxylation is 2. The van der Waals surface area contributed by atoms with E-state index in [1.54, 1.807) is 23.9 Å². The molecule has 1 fully saturated rings. The lowest BCUT2D eigenvalue weighted by molar-refractivity contribution is -0.140. The van der Waals surface area contributed by atoms with E-state index in [1.165, 1.54) is 5.56 Å².